The third-order valence-electron chi connectivity index (χ3n) is 4.63. The van der Waals surface area contributed by atoms with Crippen molar-refractivity contribution in [2.75, 3.05) is 36.5 Å². The van der Waals surface area contributed by atoms with E-state index in [1.807, 2.05) is 23.1 Å². The van der Waals surface area contributed by atoms with Crippen LogP contribution in [0.4, 0.5) is 17.1 Å². The minimum Gasteiger partial charge on any atom is -0.378 e. The zero-order valence-corrected chi connectivity index (χ0v) is 14.0. The molecule has 0 aliphatic carbocycles. The Morgan fingerprint density at radius 1 is 1.12 bits per heavy atom. The largest absolute Gasteiger partial charge is 0.378 e. The molecule has 1 amide bonds. The SMILES string of the molecule is O=C1N[C@H](c2ccc(N3CCOCC3)c([N+](=O)[O-])c2)Nc2ccccc21. The quantitative estimate of drug-likeness (QED) is 0.648. The topological polar surface area (TPSA) is 96.7 Å². The summed E-state index contributed by atoms with van der Waals surface area (Å²) in [6.07, 6.45) is -0.519. The van der Waals surface area contributed by atoms with Gasteiger partial charge in [0.05, 0.1) is 23.7 Å². The lowest BCUT2D eigenvalue weighted by molar-refractivity contribution is -0.384. The summed E-state index contributed by atoms with van der Waals surface area (Å²) in [4.78, 5) is 25.5. The second kappa shape index (κ2) is 6.64. The summed E-state index contributed by atoms with van der Waals surface area (Å²) in [6.45, 7) is 2.34. The van der Waals surface area contributed by atoms with Gasteiger partial charge in [0.25, 0.3) is 11.6 Å². The fourth-order valence-corrected chi connectivity index (χ4v) is 3.31. The number of nitrogens with one attached hydrogen (secondary N) is 2. The molecule has 2 heterocycles. The Morgan fingerprint density at radius 2 is 1.88 bits per heavy atom. The molecule has 2 aromatic rings. The average molecular weight is 354 g/mol. The van der Waals surface area contributed by atoms with Gasteiger partial charge in [-0.1, -0.05) is 18.2 Å². The van der Waals surface area contributed by atoms with Gasteiger partial charge in [0.15, 0.2) is 0 Å². The molecule has 0 bridgehead atoms. The minimum atomic E-state index is -0.519. The van der Waals surface area contributed by atoms with E-state index in [0.717, 1.165) is 0 Å². The number of hydrogen-bond donors (Lipinski definition) is 2. The number of nitro groups is 1. The van der Waals surface area contributed by atoms with Crippen LogP contribution in [0.15, 0.2) is 42.5 Å². The molecule has 0 radical (unpaired) electrons. The molecule has 4 rings (SSSR count). The van der Waals surface area contributed by atoms with Crippen molar-refractivity contribution >= 4 is 23.0 Å². The summed E-state index contributed by atoms with van der Waals surface area (Å²) in [6, 6.07) is 12.3. The number of morpholine rings is 1. The molecule has 0 aromatic heterocycles. The van der Waals surface area contributed by atoms with E-state index >= 15 is 0 Å². The van der Waals surface area contributed by atoms with Crippen molar-refractivity contribution in [2.45, 2.75) is 6.17 Å². The van der Waals surface area contributed by atoms with Crippen molar-refractivity contribution in [1.29, 1.82) is 0 Å². The van der Waals surface area contributed by atoms with E-state index in [9.17, 15) is 14.9 Å². The molecular formula is C18H18N4O4. The number of fused-ring (bicyclic) bond motifs is 1. The van der Waals surface area contributed by atoms with Gasteiger partial charge in [-0.2, -0.15) is 0 Å². The number of rotatable bonds is 3. The number of anilines is 2. The molecule has 2 aliphatic rings. The van der Waals surface area contributed by atoms with Gasteiger partial charge in [0.1, 0.15) is 11.9 Å². The molecule has 2 aliphatic heterocycles. The Bertz CT molecular complexity index is 864. The fourth-order valence-electron chi connectivity index (χ4n) is 3.31. The zero-order valence-electron chi connectivity index (χ0n) is 14.0. The predicted molar refractivity (Wildman–Crippen MR) is 96.4 cm³/mol. The molecular weight excluding hydrogens is 336 g/mol. The van der Waals surface area contributed by atoms with Gasteiger partial charge < -0.3 is 20.3 Å². The molecule has 134 valence electrons. The lowest BCUT2D eigenvalue weighted by atomic mass is 10.0. The Labute approximate surface area is 149 Å². The van der Waals surface area contributed by atoms with Crippen LogP contribution in [0.3, 0.4) is 0 Å². The van der Waals surface area contributed by atoms with Crippen molar-refractivity contribution in [2.24, 2.45) is 0 Å². The second-order valence-corrected chi connectivity index (χ2v) is 6.20. The van der Waals surface area contributed by atoms with E-state index in [4.69, 9.17) is 4.74 Å². The highest BCUT2D eigenvalue weighted by atomic mass is 16.6. The van der Waals surface area contributed by atoms with E-state index in [1.165, 1.54) is 6.07 Å². The second-order valence-electron chi connectivity index (χ2n) is 6.20. The number of nitrogens with zero attached hydrogens (tertiary/aromatic N) is 2. The standard InChI is InChI=1S/C18H18N4O4/c23-18-13-3-1-2-4-14(13)19-17(20-18)12-5-6-15(16(11-12)22(24)25)21-7-9-26-10-8-21/h1-6,11,17,19H,7-10H2,(H,20,23)/t17-/m1/s1. The van der Waals surface area contributed by atoms with E-state index in [0.29, 0.717) is 48.8 Å². The highest BCUT2D eigenvalue weighted by molar-refractivity contribution is 6.01. The number of amides is 1. The zero-order chi connectivity index (χ0) is 18.1. The average Bonchev–Trinajstić information content (AvgIpc) is 2.68. The number of para-hydroxylation sites is 1. The van der Waals surface area contributed by atoms with Crippen molar-refractivity contribution < 1.29 is 14.5 Å². The first-order chi connectivity index (χ1) is 12.6. The summed E-state index contributed by atoms with van der Waals surface area (Å²) in [5.74, 6) is -0.204. The third-order valence-corrected chi connectivity index (χ3v) is 4.63. The molecule has 8 nitrogen and oxygen atoms in total. The van der Waals surface area contributed by atoms with Crippen LogP contribution in [-0.2, 0) is 4.74 Å². The Morgan fingerprint density at radius 3 is 2.65 bits per heavy atom. The van der Waals surface area contributed by atoms with E-state index < -0.39 is 6.17 Å². The first-order valence-corrected chi connectivity index (χ1v) is 8.41. The van der Waals surface area contributed by atoms with Gasteiger partial charge >= 0.3 is 0 Å². The van der Waals surface area contributed by atoms with Gasteiger partial charge in [0, 0.05) is 30.4 Å². The van der Waals surface area contributed by atoms with Crippen molar-refractivity contribution in [1.82, 2.24) is 5.32 Å². The molecule has 0 spiro atoms. The van der Waals surface area contributed by atoms with Gasteiger partial charge in [-0.05, 0) is 18.2 Å². The maximum Gasteiger partial charge on any atom is 0.292 e. The van der Waals surface area contributed by atoms with E-state index in [2.05, 4.69) is 10.6 Å². The van der Waals surface area contributed by atoms with Crippen molar-refractivity contribution in [3.63, 3.8) is 0 Å². The van der Waals surface area contributed by atoms with Crippen LogP contribution >= 0.6 is 0 Å². The Balaban J connectivity index is 1.66. The Kier molecular flexibility index (Phi) is 4.18. The van der Waals surface area contributed by atoms with Crippen molar-refractivity contribution in [3.05, 3.63) is 63.7 Å². The summed E-state index contributed by atoms with van der Waals surface area (Å²) < 4.78 is 5.32. The van der Waals surface area contributed by atoms with Gasteiger partial charge in [-0.15, -0.1) is 0 Å². The van der Waals surface area contributed by atoms with Crippen LogP contribution in [0.5, 0.6) is 0 Å². The lowest BCUT2D eigenvalue weighted by Gasteiger charge is -2.30. The third kappa shape index (κ3) is 2.95. The Hall–Kier alpha value is -3.13. The predicted octanol–water partition coefficient (Wildman–Crippen LogP) is 2.29. The summed E-state index contributed by atoms with van der Waals surface area (Å²) >= 11 is 0. The van der Waals surface area contributed by atoms with E-state index in [-0.39, 0.29) is 16.5 Å². The molecule has 1 saturated heterocycles. The van der Waals surface area contributed by atoms with Crippen LogP contribution in [0.25, 0.3) is 0 Å². The van der Waals surface area contributed by atoms with Crippen LogP contribution in [0, 0.1) is 10.1 Å². The normalized spacial score (nSPS) is 19.3. The number of benzene rings is 2. The molecule has 0 saturated carbocycles. The number of hydrogen-bond acceptors (Lipinski definition) is 6. The minimum absolute atomic E-state index is 0.0271. The maximum absolute atomic E-state index is 12.3. The number of nitro benzene ring substituents is 1. The molecule has 2 aromatic carbocycles. The smallest absolute Gasteiger partial charge is 0.292 e. The highest BCUT2D eigenvalue weighted by Crippen LogP contribution is 2.33. The first kappa shape index (κ1) is 16.3. The fraction of sp³-hybridized carbons (Fsp3) is 0.278. The molecule has 8 heteroatoms. The number of carbonyl (C=O) groups excluding carboxylic acids is 1. The number of ether oxygens (including phenoxy) is 1. The molecule has 1 fully saturated rings. The van der Waals surface area contributed by atoms with Gasteiger partial charge in [-0.25, -0.2) is 0 Å². The summed E-state index contributed by atoms with van der Waals surface area (Å²) in [5, 5.41) is 17.7. The molecule has 0 unspecified atom stereocenters. The highest BCUT2D eigenvalue weighted by Gasteiger charge is 2.28. The van der Waals surface area contributed by atoms with Crippen molar-refractivity contribution in [3.8, 4) is 0 Å². The maximum atomic E-state index is 12.3. The summed E-state index contributed by atoms with van der Waals surface area (Å²) in [5.41, 5.74) is 2.50. The first-order valence-electron chi connectivity index (χ1n) is 8.41. The lowest BCUT2D eigenvalue weighted by Crippen LogP contribution is -2.38. The molecule has 26 heavy (non-hydrogen) atoms. The summed E-state index contributed by atoms with van der Waals surface area (Å²) in [7, 11) is 0. The van der Waals surface area contributed by atoms with Crippen LogP contribution in [-0.4, -0.2) is 37.1 Å². The van der Waals surface area contributed by atoms with E-state index in [1.54, 1.807) is 18.2 Å². The monoisotopic (exact) mass is 354 g/mol. The number of carbonyl (C=O) groups is 1. The van der Waals surface area contributed by atoms with Crippen LogP contribution in [0.2, 0.25) is 0 Å². The molecule has 2 N–H and O–H groups in total. The van der Waals surface area contributed by atoms with Gasteiger partial charge in [0.2, 0.25) is 0 Å². The van der Waals surface area contributed by atoms with Crippen LogP contribution < -0.4 is 15.5 Å². The van der Waals surface area contributed by atoms with Gasteiger partial charge in [-0.3, -0.25) is 14.9 Å². The van der Waals surface area contributed by atoms with Crippen LogP contribution in [0.1, 0.15) is 22.1 Å². The molecule has 1 atom stereocenters.